The molecule has 0 radical (unpaired) electrons. The Bertz CT molecular complexity index is 769. The standard InChI is InChI=1S/C13H15N5O5S/c1-3-23-12(20)4-9-7-24-13(14-9)15-11(19)6-17-5-10(18(21)22)8(2)16-17/h5,7H,3-4,6H2,1-2H3,(H,14,15,19). The number of carbonyl (C=O) groups excluding carboxylic acids is 2. The number of nitrogens with one attached hydrogen (secondary N) is 1. The predicted molar refractivity (Wildman–Crippen MR) is 84.7 cm³/mol. The normalized spacial score (nSPS) is 10.4. The van der Waals surface area contributed by atoms with Crippen LogP contribution in [-0.2, 0) is 27.3 Å². The van der Waals surface area contributed by atoms with E-state index in [0.29, 0.717) is 17.4 Å². The maximum Gasteiger partial charge on any atom is 0.311 e. The number of hydrogen-bond acceptors (Lipinski definition) is 8. The summed E-state index contributed by atoms with van der Waals surface area (Å²) < 4.78 is 6.01. The molecule has 1 amide bonds. The molecule has 0 unspecified atom stereocenters. The van der Waals surface area contributed by atoms with Gasteiger partial charge < -0.3 is 10.1 Å². The van der Waals surface area contributed by atoms with Gasteiger partial charge in [0.2, 0.25) is 5.91 Å². The number of amides is 1. The van der Waals surface area contributed by atoms with Gasteiger partial charge in [-0.25, -0.2) is 4.98 Å². The van der Waals surface area contributed by atoms with Gasteiger partial charge in [0.15, 0.2) is 5.13 Å². The van der Waals surface area contributed by atoms with Gasteiger partial charge in [0.1, 0.15) is 18.4 Å². The molecule has 11 heteroatoms. The Balaban J connectivity index is 1.93. The highest BCUT2D eigenvalue weighted by molar-refractivity contribution is 7.13. The molecular formula is C13H15N5O5S. The Morgan fingerprint density at radius 1 is 1.50 bits per heavy atom. The second kappa shape index (κ2) is 7.64. The highest BCUT2D eigenvalue weighted by Crippen LogP contribution is 2.17. The number of anilines is 1. The number of carbonyl (C=O) groups is 2. The zero-order chi connectivity index (χ0) is 17.7. The van der Waals surface area contributed by atoms with Crippen molar-refractivity contribution in [3.63, 3.8) is 0 Å². The molecule has 0 saturated carbocycles. The largest absolute Gasteiger partial charge is 0.466 e. The summed E-state index contributed by atoms with van der Waals surface area (Å²) in [7, 11) is 0. The van der Waals surface area contributed by atoms with E-state index in [1.54, 1.807) is 12.3 Å². The molecule has 0 spiro atoms. The SMILES string of the molecule is CCOC(=O)Cc1csc(NC(=O)Cn2cc([N+](=O)[O-])c(C)n2)n1. The highest BCUT2D eigenvalue weighted by Gasteiger charge is 2.17. The molecule has 0 saturated heterocycles. The molecule has 128 valence electrons. The minimum atomic E-state index is -0.556. The van der Waals surface area contributed by atoms with Crippen molar-refractivity contribution < 1.29 is 19.2 Å². The summed E-state index contributed by atoms with van der Waals surface area (Å²) in [5.41, 5.74) is 0.590. The number of aromatic nitrogens is 3. The van der Waals surface area contributed by atoms with Crippen LogP contribution in [0.1, 0.15) is 18.3 Å². The van der Waals surface area contributed by atoms with Crippen LogP contribution >= 0.6 is 11.3 Å². The van der Waals surface area contributed by atoms with Crippen LogP contribution in [0.2, 0.25) is 0 Å². The molecule has 1 N–H and O–H groups in total. The fraction of sp³-hybridized carbons (Fsp3) is 0.385. The third-order valence-corrected chi connectivity index (χ3v) is 3.66. The lowest BCUT2D eigenvalue weighted by Crippen LogP contribution is -2.19. The third kappa shape index (κ3) is 4.59. The van der Waals surface area contributed by atoms with Gasteiger partial charge in [0.05, 0.1) is 23.6 Å². The second-order valence-corrected chi connectivity index (χ2v) is 5.59. The van der Waals surface area contributed by atoms with E-state index in [9.17, 15) is 19.7 Å². The van der Waals surface area contributed by atoms with Gasteiger partial charge in [-0.2, -0.15) is 5.10 Å². The van der Waals surface area contributed by atoms with E-state index >= 15 is 0 Å². The van der Waals surface area contributed by atoms with Crippen LogP contribution in [0.4, 0.5) is 10.8 Å². The number of thiazole rings is 1. The van der Waals surface area contributed by atoms with Crippen molar-refractivity contribution in [3.05, 3.63) is 33.1 Å². The molecule has 0 aliphatic carbocycles. The van der Waals surface area contributed by atoms with E-state index in [1.807, 2.05) is 0 Å². The maximum absolute atomic E-state index is 11.9. The molecule has 24 heavy (non-hydrogen) atoms. The first-order chi connectivity index (χ1) is 11.4. The average molecular weight is 353 g/mol. The van der Waals surface area contributed by atoms with Gasteiger partial charge in [-0.05, 0) is 13.8 Å². The first-order valence-corrected chi connectivity index (χ1v) is 7.85. The number of nitrogens with zero attached hydrogens (tertiary/aromatic N) is 4. The van der Waals surface area contributed by atoms with E-state index in [0.717, 1.165) is 0 Å². The summed E-state index contributed by atoms with van der Waals surface area (Å²) in [5.74, 6) is -0.815. The fourth-order valence-electron chi connectivity index (χ4n) is 1.88. The zero-order valence-corrected chi connectivity index (χ0v) is 13.8. The van der Waals surface area contributed by atoms with E-state index in [1.165, 1.54) is 29.1 Å². The average Bonchev–Trinajstić information content (AvgIpc) is 3.05. The second-order valence-electron chi connectivity index (χ2n) is 4.73. The molecule has 0 fully saturated rings. The molecule has 2 rings (SSSR count). The van der Waals surface area contributed by atoms with Gasteiger partial charge in [-0.15, -0.1) is 11.3 Å². The Hall–Kier alpha value is -2.82. The fourth-order valence-corrected chi connectivity index (χ4v) is 2.61. The summed E-state index contributed by atoms with van der Waals surface area (Å²) in [4.78, 5) is 37.6. The van der Waals surface area contributed by atoms with E-state index in [4.69, 9.17) is 4.74 Å². The molecule has 0 bridgehead atoms. The van der Waals surface area contributed by atoms with Crippen molar-refractivity contribution >= 4 is 34.0 Å². The van der Waals surface area contributed by atoms with Crippen LogP contribution in [0.3, 0.4) is 0 Å². The third-order valence-electron chi connectivity index (χ3n) is 2.85. The van der Waals surface area contributed by atoms with Gasteiger partial charge in [0, 0.05) is 5.38 Å². The molecule has 2 aromatic heterocycles. The molecule has 10 nitrogen and oxygen atoms in total. The number of nitro groups is 1. The van der Waals surface area contributed by atoms with Crippen molar-refractivity contribution in [3.8, 4) is 0 Å². The van der Waals surface area contributed by atoms with Crippen LogP contribution in [0.25, 0.3) is 0 Å². The van der Waals surface area contributed by atoms with Gasteiger partial charge in [0.25, 0.3) is 0 Å². The predicted octanol–water partition coefficient (Wildman–Crippen LogP) is 1.30. The van der Waals surface area contributed by atoms with Gasteiger partial charge >= 0.3 is 11.7 Å². The number of hydrogen-bond donors (Lipinski definition) is 1. The number of ether oxygens (including phenoxy) is 1. The molecule has 2 aromatic rings. The van der Waals surface area contributed by atoms with Crippen molar-refractivity contribution in [1.29, 1.82) is 0 Å². The Labute approximate surface area is 140 Å². The van der Waals surface area contributed by atoms with Crippen molar-refractivity contribution in [2.45, 2.75) is 26.8 Å². The zero-order valence-electron chi connectivity index (χ0n) is 13.0. The quantitative estimate of drug-likeness (QED) is 0.451. The van der Waals surface area contributed by atoms with Crippen molar-refractivity contribution in [1.82, 2.24) is 14.8 Å². The van der Waals surface area contributed by atoms with Crippen LogP contribution < -0.4 is 5.32 Å². The van der Waals surface area contributed by atoms with E-state index < -0.39 is 10.8 Å². The summed E-state index contributed by atoms with van der Waals surface area (Å²) in [6.45, 7) is 3.32. The monoisotopic (exact) mass is 353 g/mol. The minimum Gasteiger partial charge on any atom is -0.466 e. The van der Waals surface area contributed by atoms with E-state index in [-0.39, 0.29) is 30.3 Å². The number of aryl methyl sites for hydroxylation is 1. The van der Waals surface area contributed by atoms with Crippen molar-refractivity contribution in [2.75, 3.05) is 11.9 Å². The highest BCUT2D eigenvalue weighted by atomic mass is 32.1. The summed E-state index contributed by atoms with van der Waals surface area (Å²) in [6, 6.07) is 0. The molecule has 2 heterocycles. The number of rotatable bonds is 7. The van der Waals surface area contributed by atoms with E-state index in [2.05, 4.69) is 15.4 Å². The smallest absolute Gasteiger partial charge is 0.311 e. The topological polar surface area (TPSA) is 129 Å². The first-order valence-electron chi connectivity index (χ1n) is 6.97. The van der Waals surface area contributed by atoms with Crippen LogP contribution in [0.15, 0.2) is 11.6 Å². The van der Waals surface area contributed by atoms with Gasteiger partial charge in [-0.3, -0.25) is 24.4 Å². The molecule has 0 atom stereocenters. The molecule has 0 aromatic carbocycles. The summed E-state index contributed by atoms with van der Waals surface area (Å²) in [6.07, 6.45) is 1.23. The van der Waals surface area contributed by atoms with Crippen LogP contribution in [-0.4, -0.2) is 38.2 Å². The Kier molecular flexibility index (Phi) is 5.58. The Morgan fingerprint density at radius 3 is 2.88 bits per heavy atom. The maximum atomic E-state index is 11.9. The lowest BCUT2D eigenvalue weighted by molar-refractivity contribution is -0.385. The summed E-state index contributed by atoms with van der Waals surface area (Å²) in [5, 5.41) is 19.2. The first kappa shape index (κ1) is 17.5. The molecular weight excluding hydrogens is 338 g/mol. The minimum absolute atomic E-state index is 0.0325. The van der Waals surface area contributed by atoms with Gasteiger partial charge in [-0.1, -0.05) is 0 Å². The lowest BCUT2D eigenvalue weighted by atomic mass is 10.3. The van der Waals surface area contributed by atoms with Crippen LogP contribution in [0.5, 0.6) is 0 Å². The lowest BCUT2D eigenvalue weighted by Gasteiger charge is -2.01. The van der Waals surface area contributed by atoms with Crippen molar-refractivity contribution in [2.24, 2.45) is 0 Å². The summed E-state index contributed by atoms with van der Waals surface area (Å²) >= 11 is 1.17. The Morgan fingerprint density at radius 2 is 2.25 bits per heavy atom. The molecule has 0 aliphatic heterocycles. The van der Waals surface area contributed by atoms with Crippen LogP contribution in [0, 0.1) is 17.0 Å². The number of esters is 1. The molecule has 0 aliphatic rings.